The van der Waals surface area contributed by atoms with E-state index in [1.165, 1.54) is 12.0 Å². The lowest BCUT2D eigenvalue weighted by Gasteiger charge is -2.51. The first-order chi connectivity index (χ1) is 24.4. The Labute approximate surface area is 310 Å². The van der Waals surface area contributed by atoms with Crippen molar-refractivity contribution >= 4 is 67.1 Å². The molecule has 264 valence electrons. The summed E-state index contributed by atoms with van der Waals surface area (Å²) in [7, 11) is 1.42. The first-order valence-corrected chi connectivity index (χ1v) is 18.3. The number of carbonyl (C=O) groups is 5. The zero-order chi connectivity index (χ0) is 36.4. The Hall–Kier alpha value is -4.49. The summed E-state index contributed by atoms with van der Waals surface area (Å²) in [6.45, 7) is 1.92. The molecule has 2 aliphatic carbocycles. The number of ether oxygens (including phenoxy) is 1. The van der Waals surface area contributed by atoms with Crippen LogP contribution in [0.5, 0.6) is 11.5 Å². The number of imide groups is 2. The summed E-state index contributed by atoms with van der Waals surface area (Å²) in [5.74, 6) is -6.63. The van der Waals surface area contributed by atoms with E-state index in [-0.39, 0.29) is 54.1 Å². The third kappa shape index (κ3) is 5.38. The van der Waals surface area contributed by atoms with Gasteiger partial charge in [-0.2, -0.15) is 5.01 Å². The fraction of sp³-hybridized carbons (Fsp3) is 0.342. The lowest BCUT2D eigenvalue weighted by molar-refractivity contribution is -0.142. The molecule has 11 nitrogen and oxygen atoms in total. The number of phenolic OH excluding ortho intramolecular Hbond substituents is 1. The van der Waals surface area contributed by atoms with Crippen LogP contribution in [0.15, 0.2) is 81.3 Å². The predicted octanol–water partition coefficient (Wildman–Crippen LogP) is 6.08. The summed E-state index contributed by atoms with van der Waals surface area (Å²) in [6, 6.07) is 18.1. The molecule has 0 radical (unpaired) electrons. The highest BCUT2D eigenvalue weighted by Gasteiger charge is 2.70. The number of amides is 4. The number of methoxy groups -OCH3 is 1. The van der Waals surface area contributed by atoms with Gasteiger partial charge in [-0.25, -0.2) is 0 Å². The second kappa shape index (κ2) is 13.2. The van der Waals surface area contributed by atoms with Crippen molar-refractivity contribution in [2.75, 3.05) is 19.1 Å². The fourth-order valence-electron chi connectivity index (χ4n) is 8.74. The van der Waals surface area contributed by atoms with E-state index in [4.69, 9.17) is 4.74 Å². The van der Waals surface area contributed by atoms with Crippen LogP contribution >= 0.6 is 31.9 Å². The molecular formula is C38H35Br2N3O8. The lowest BCUT2D eigenvalue weighted by Crippen LogP contribution is -2.53. The Morgan fingerprint density at radius 1 is 0.980 bits per heavy atom. The second-order valence-corrected chi connectivity index (χ2v) is 15.1. The summed E-state index contributed by atoms with van der Waals surface area (Å²) in [6.07, 6.45) is 2.22. The summed E-state index contributed by atoms with van der Waals surface area (Å²) in [5, 5.41) is 21.2. The number of phenols is 1. The molecule has 6 unspecified atom stereocenters. The van der Waals surface area contributed by atoms with Gasteiger partial charge < -0.3 is 14.9 Å². The Balaban J connectivity index is 1.44. The van der Waals surface area contributed by atoms with Crippen LogP contribution in [-0.2, 0) is 29.4 Å². The molecule has 0 spiro atoms. The minimum atomic E-state index is -1.51. The molecule has 2 saturated heterocycles. The van der Waals surface area contributed by atoms with Gasteiger partial charge in [0.05, 0.1) is 40.4 Å². The molecule has 4 aliphatic rings. The standard InChI is InChI=1S/C38H35Br2N3O8/c1-19-10-12-21(13-11-19)41-43-35(48)26-17-24-22(14-15-23-29(24)36(49)42(34(23)47)16-6-9-28(44)45)30(25-18-27(51-2)33(46)32(40)31(25)39)38(26,37(43)50)20-7-4-3-5-8-20/h3-5,7-8,10-14,18,23-24,26,29-30,41,46H,6,9,15-17H2,1-2H3,(H,44,45). The first kappa shape index (κ1) is 34.9. The van der Waals surface area contributed by atoms with Crippen molar-refractivity contribution in [1.29, 1.82) is 0 Å². The van der Waals surface area contributed by atoms with Crippen molar-refractivity contribution in [3.8, 4) is 11.5 Å². The van der Waals surface area contributed by atoms with Crippen molar-refractivity contribution in [3.05, 3.63) is 97.9 Å². The number of hydrogen-bond acceptors (Lipinski definition) is 8. The lowest BCUT2D eigenvalue weighted by atomic mass is 9.49. The van der Waals surface area contributed by atoms with Gasteiger partial charge in [-0.15, -0.1) is 0 Å². The van der Waals surface area contributed by atoms with Gasteiger partial charge in [0.25, 0.3) is 11.8 Å². The minimum absolute atomic E-state index is 0.0147. The number of benzene rings is 3. The van der Waals surface area contributed by atoms with Crippen LogP contribution in [-0.4, -0.2) is 63.4 Å². The third-order valence-corrected chi connectivity index (χ3v) is 13.1. The van der Waals surface area contributed by atoms with Crippen molar-refractivity contribution in [1.82, 2.24) is 9.91 Å². The van der Waals surface area contributed by atoms with Gasteiger partial charge in [-0.05, 0) is 93.3 Å². The molecular weight excluding hydrogens is 786 g/mol. The molecule has 6 atom stereocenters. The second-order valence-electron chi connectivity index (χ2n) is 13.6. The van der Waals surface area contributed by atoms with E-state index in [1.54, 1.807) is 18.2 Å². The van der Waals surface area contributed by atoms with Crippen molar-refractivity contribution in [2.45, 2.75) is 43.9 Å². The van der Waals surface area contributed by atoms with Gasteiger partial charge in [0.1, 0.15) is 0 Å². The molecule has 51 heavy (non-hydrogen) atoms. The SMILES string of the molecule is COc1cc(C2C3=CCC4C(=O)N(CCCC(=O)O)C(=O)C4C3CC3C(=O)N(Nc4ccc(C)cc4)C(=O)C32c2ccccc2)c(Br)c(Br)c1O. The summed E-state index contributed by atoms with van der Waals surface area (Å²) in [5.41, 5.74) is 5.01. The predicted molar refractivity (Wildman–Crippen MR) is 192 cm³/mol. The zero-order valence-corrected chi connectivity index (χ0v) is 30.9. The van der Waals surface area contributed by atoms with Crippen molar-refractivity contribution in [3.63, 3.8) is 0 Å². The maximum atomic E-state index is 15.3. The van der Waals surface area contributed by atoms with Crippen LogP contribution in [0.3, 0.4) is 0 Å². The van der Waals surface area contributed by atoms with Crippen LogP contribution in [0.25, 0.3) is 0 Å². The van der Waals surface area contributed by atoms with Gasteiger partial charge in [-0.1, -0.05) is 59.7 Å². The molecule has 2 heterocycles. The number of nitrogens with one attached hydrogen (secondary N) is 1. The Kier molecular flexibility index (Phi) is 9.07. The minimum Gasteiger partial charge on any atom is -0.503 e. The molecule has 7 rings (SSSR count). The number of nitrogens with zero attached hydrogens (tertiary/aromatic N) is 2. The highest BCUT2D eigenvalue weighted by Crippen LogP contribution is 2.65. The van der Waals surface area contributed by atoms with Crippen LogP contribution in [0.2, 0.25) is 0 Å². The zero-order valence-electron chi connectivity index (χ0n) is 27.8. The van der Waals surface area contributed by atoms with Gasteiger partial charge >= 0.3 is 5.97 Å². The number of fused-ring (bicyclic) bond motifs is 4. The number of carboxylic acids is 1. The van der Waals surface area contributed by atoms with E-state index in [0.717, 1.165) is 16.1 Å². The largest absolute Gasteiger partial charge is 0.503 e. The highest BCUT2D eigenvalue weighted by molar-refractivity contribution is 9.13. The Bertz CT molecular complexity index is 2000. The van der Waals surface area contributed by atoms with Gasteiger partial charge in [0, 0.05) is 23.4 Å². The van der Waals surface area contributed by atoms with Crippen molar-refractivity contribution < 1.29 is 38.9 Å². The molecule has 0 bridgehead atoms. The van der Waals surface area contributed by atoms with Crippen LogP contribution < -0.4 is 10.2 Å². The fourth-order valence-corrected chi connectivity index (χ4v) is 9.70. The number of likely N-dealkylation sites (tertiary alicyclic amines) is 1. The number of anilines is 1. The van der Waals surface area contributed by atoms with Gasteiger partial charge in [-0.3, -0.25) is 34.3 Å². The van der Waals surface area contributed by atoms with Gasteiger partial charge in [0.15, 0.2) is 11.5 Å². The molecule has 4 amide bonds. The number of allylic oxidation sites excluding steroid dienone is 2. The number of hydrogen-bond donors (Lipinski definition) is 3. The topological polar surface area (TPSA) is 154 Å². The number of aliphatic carboxylic acids is 1. The Morgan fingerprint density at radius 3 is 2.35 bits per heavy atom. The molecule has 0 aromatic heterocycles. The Morgan fingerprint density at radius 2 is 1.69 bits per heavy atom. The van der Waals surface area contributed by atoms with E-state index in [1.807, 2.05) is 55.5 Å². The van der Waals surface area contributed by atoms with Crippen LogP contribution in [0.4, 0.5) is 5.69 Å². The number of halogens is 2. The smallest absolute Gasteiger partial charge is 0.303 e. The third-order valence-electron chi connectivity index (χ3n) is 11.0. The average Bonchev–Trinajstić information content (AvgIpc) is 3.49. The number of aromatic hydroxyl groups is 1. The molecule has 1 saturated carbocycles. The number of rotatable bonds is 9. The van der Waals surface area contributed by atoms with Crippen LogP contribution in [0.1, 0.15) is 48.3 Å². The number of carboxylic acid groups (broad SMARTS) is 1. The molecule has 3 aromatic carbocycles. The molecule has 3 N–H and O–H groups in total. The average molecular weight is 822 g/mol. The van der Waals surface area contributed by atoms with E-state index in [9.17, 15) is 29.4 Å². The summed E-state index contributed by atoms with van der Waals surface area (Å²) in [4.78, 5) is 70.4. The maximum Gasteiger partial charge on any atom is 0.303 e. The number of aryl methyl sites for hydroxylation is 1. The van der Waals surface area contributed by atoms with Gasteiger partial charge in [0.2, 0.25) is 11.8 Å². The summed E-state index contributed by atoms with van der Waals surface area (Å²) < 4.78 is 6.31. The maximum absolute atomic E-state index is 15.3. The van der Waals surface area contributed by atoms with E-state index in [2.05, 4.69) is 37.3 Å². The molecule has 3 aromatic rings. The quantitative estimate of drug-likeness (QED) is 0.172. The molecule has 3 fully saturated rings. The number of hydrazine groups is 1. The number of carbonyl (C=O) groups excluding carboxylic acids is 4. The van der Waals surface area contributed by atoms with Crippen molar-refractivity contribution in [2.24, 2.45) is 23.7 Å². The van der Waals surface area contributed by atoms with E-state index >= 15 is 4.79 Å². The first-order valence-electron chi connectivity index (χ1n) is 16.7. The monoisotopic (exact) mass is 819 g/mol. The molecule has 13 heteroatoms. The van der Waals surface area contributed by atoms with E-state index in [0.29, 0.717) is 21.3 Å². The normalized spacial score (nSPS) is 26.8. The molecule has 2 aliphatic heterocycles. The highest BCUT2D eigenvalue weighted by atomic mass is 79.9. The summed E-state index contributed by atoms with van der Waals surface area (Å²) >= 11 is 7.18. The van der Waals surface area contributed by atoms with Crippen LogP contribution in [0, 0.1) is 30.6 Å². The van der Waals surface area contributed by atoms with E-state index < -0.39 is 58.7 Å².